The Bertz CT molecular complexity index is 465. The first-order chi connectivity index (χ1) is 9.17. The van der Waals surface area contributed by atoms with Crippen LogP contribution in [0.4, 0.5) is 11.8 Å². The van der Waals surface area contributed by atoms with Crippen LogP contribution >= 0.6 is 15.9 Å². The smallest absolute Gasteiger partial charge is 0.224 e. The first kappa shape index (κ1) is 13.2. The fraction of sp³-hybridized carbons (Fsp3) is 0.714. The Balaban J connectivity index is 1.71. The molecule has 0 amide bonds. The molecule has 1 aromatic heterocycles. The zero-order chi connectivity index (χ0) is 13.4. The van der Waals surface area contributed by atoms with Gasteiger partial charge in [0.05, 0.1) is 4.47 Å². The summed E-state index contributed by atoms with van der Waals surface area (Å²) in [6.45, 7) is 1.11. The summed E-state index contributed by atoms with van der Waals surface area (Å²) in [7, 11) is 3.99. The summed E-state index contributed by atoms with van der Waals surface area (Å²) in [6, 6.07) is 0. The maximum atomic E-state index is 4.55. The minimum atomic E-state index is 0.679. The van der Waals surface area contributed by atoms with E-state index in [1.807, 2.05) is 13.2 Å². The summed E-state index contributed by atoms with van der Waals surface area (Å²) >= 11 is 3.56. The van der Waals surface area contributed by atoms with Crippen LogP contribution in [0.25, 0.3) is 0 Å². The number of nitrogens with zero attached hydrogens (tertiary/aromatic N) is 3. The number of fused-ring (bicyclic) bond motifs is 2. The monoisotopic (exact) mass is 324 g/mol. The Morgan fingerprint density at radius 2 is 2.26 bits per heavy atom. The number of aromatic nitrogens is 2. The second-order valence-electron chi connectivity index (χ2n) is 5.93. The lowest BCUT2D eigenvalue weighted by atomic mass is 9.88. The Hall–Kier alpha value is -0.840. The van der Waals surface area contributed by atoms with Crippen molar-refractivity contribution in [1.82, 2.24) is 9.97 Å². The molecule has 4 nitrogen and oxygen atoms in total. The van der Waals surface area contributed by atoms with E-state index >= 15 is 0 Å². The maximum absolute atomic E-state index is 4.55. The Morgan fingerprint density at radius 3 is 2.89 bits per heavy atom. The summed E-state index contributed by atoms with van der Waals surface area (Å²) in [5.41, 5.74) is 0. The van der Waals surface area contributed by atoms with Gasteiger partial charge in [-0.2, -0.15) is 4.98 Å². The molecule has 0 saturated heterocycles. The first-order valence-corrected chi connectivity index (χ1v) is 7.88. The molecule has 2 aliphatic rings. The molecule has 0 aromatic carbocycles. The Morgan fingerprint density at radius 1 is 1.42 bits per heavy atom. The van der Waals surface area contributed by atoms with Gasteiger partial charge in [0.2, 0.25) is 5.95 Å². The predicted molar refractivity (Wildman–Crippen MR) is 81.5 cm³/mol. The highest BCUT2D eigenvalue weighted by Crippen LogP contribution is 2.48. The molecule has 3 rings (SSSR count). The maximum Gasteiger partial charge on any atom is 0.224 e. The van der Waals surface area contributed by atoms with Crippen molar-refractivity contribution in [2.24, 2.45) is 17.8 Å². The molecule has 104 valence electrons. The van der Waals surface area contributed by atoms with Gasteiger partial charge in [-0.05, 0) is 52.9 Å². The van der Waals surface area contributed by atoms with E-state index in [0.717, 1.165) is 34.6 Å². The van der Waals surface area contributed by atoms with Crippen molar-refractivity contribution in [1.29, 1.82) is 0 Å². The number of rotatable bonds is 4. The van der Waals surface area contributed by atoms with Gasteiger partial charge in [0.15, 0.2) is 0 Å². The van der Waals surface area contributed by atoms with E-state index < -0.39 is 0 Å². The number of halogens is 1. The first-order valence-electron chi connectivity index (χ1n) is 7.08. The quantitative estimate of drug-likeness (QED) is 0.923. The second kappa shape index (κ2) is 5.27. The van der Waals surface area contributed by atoms with Crippen molar-refractivity contribution in [3.63, 3.8) is 0 Å². The van der Waals surface area contributed by atoms with Crippen molar-refractivity contribution in [3.05, 3.63) is 10.7 Å². The molecule has 5 heteroatoms. The van der Waals surface area contributed by atoms with Crippen LogP contribution in [0.15, 0.2) is 10.7 Å². The molecule has 19 heavy (non-hydrogen) atoms. The van der Waals surface area contributed by atoms with E-state index in [0.29, 0.717) is 5.95 Å². The predicted octanol–water partition coefficient (Wildman–Crippen LogP) is 3.15. The summed E-state index contributed by atoms with van der Waals surface area (Å²) < 4.78 is 0.970. The standard InChI is InChI=1S/C14H21BrN4/c1-16-14-17-7-12(15)13(18-14)19(2)8-11-6-9-3-4-10(11)5-9/h7,9-11H,3-6,8H2,1-2H3,(H,16,17,18). The van der Waals surface area contributed by atoms with Crippen molar-refractivity contribution >= 4 is 27.7 Å². The fourth-order valence-electron chi connectivity index (χ4n) is 3.78. The number of hydrogen-bond donors (Lipinski definition) is 1. The SMILES string of the molecule is CNc1ncc(Br)c(N(C)CC2CC3CCC2C3)n1. The van der Waals surface area contributed by atoms with E-state index in [-0.39, 0.29) is 0 Å². The average molecular weight is 325 g/mol. The van der Waals surface area contributed by atoms with E-state index in [4.69, 9.17) is 0 Å². The van der Waals surface area contributed by atoms with Crippen LogP contribution in [0.5, 0.6) is 0 Å². The van der Waals surface area contributed by atoms with Crippen LogP contribution < -0.4 is 10.2 Å². The fourth-order valence-corrected chi connectivity index (χ4v) is 4.28. The molecule has 2 saturated carbocycles. The Kier molecular flexibility index (Phi) is 3.65. The topological polar surface area (TPSA) is 41.1 Å². The minimum absolute atomic E-state index is 0.679. The van der Waals surface area contributed by atoms with E-state index in [2.05, 4.69) is 43.2 Å². The normalized spacial score (nSPS) is 28.7. The van der Waals surface area contributed by atoms with Crippen molar-refractivity contribution < 1.29 is 0 Å². The highest BCUT2D eigenvalue weighted by molar-refractivity contribution is 9.10. The van der Waals surface area contributed by atoms with Gasteiger partial charge in [-0.15, -0.1) is 0 Å². The van der Waals surface area contributed by atoms with Gasteiger partial charge in [0.1, 0.15) is 5.82 Å². The number of hydrogen-bond acceptors (Lipinski definition) is 4. The van der Waals surface area contributed by atoms with E-state index in [9.17, 15) is 0 Å². The van der Waals surface area contributed by atoms with Crippen LogP contribution in [-0.4, -0.2) is 30.6 Å². The van der Waals surface area contributed by atoms with Gasteiger partial charge < -0.3 is 10.2 Å². The van der Waals surface area contributed by atoms with Crippen molar-refractivity contribution in [3.8, 4) is 0 Å². The summed E-state index contributed by atoms with van der Waals surface area (Å²) in [5.74, 6) is 4.48. The van der Waals surface area contributed by atoms with Crippen LogP contribution in [0.1, 0.15) is 25.7 Å². The van der Waals surface area contributed by atoms with Gasteiger partial charge in [0.25, 0.3) is 0 Å². The molecular weight excluding hydrogens is 304 g/mol. The zero-order valence-electron chi connectivity index (χ0n) is 11.6. The molecule has 0 aliphatic heterocycles. The molecule has 2 aliphatic carbocycles. The van der Waals surface area contributed by atoms with Gasteiger partial charge in [-0.1, -0.05) is 6.42 Å². The lowest BCUT2D eigenvalue weighted by Crippen LogP contribution is -2.29. The van der Waals surface area contributed by atoms with Gasteiger partial charge in [-0.25, -0.2) is 4.98 Å². The molecule has 2 bridgehead atoms. The average Bonchev–Trinajstić information content (AvgIpc) is 3.01. The van der Waals surface area contributed by atoms with Crippen molar-refractivity contribution in [2.45, 2.75) is 25.7 Å². The van der Waals surface area contributed by atoms with Crippen LogP contribution in [0, 0.1) is 17.8 Å². The second-order valence-corrected chi connectivity index (χ2v) is 6.78. The molecule has 3 atom stereocenters. The Labute approximate surface area is 123 Å². The van der Waals surface area contributed by atoms with Crippen LogP contribution in [0.3, 0.4) is 0 Å². The molecular formula is C14H21BrN4. The van der Waals surface area contributed by atoms with Crippen molar-refractivity contribution in [2.75, 3.05) is 30.9 Å². The zero-order valence-corrected chi connectivity index (χ0v) is 13.2. The number of nitrogens with one attached hydrogen (secondary N) is 1. The molecule has 2 fully saturated rings. The van der Waals surface area contributed by atoms with Crippen LogP contribution in [0.2, 0.25) is 0 Å². The third-order valence-electron chi connectivity index (χ3n) is 4.70. The minimum Gasteiger partial charge on any atom is -0.358 e. The lowest BCUT2D eigenvalue weighted by molar-refractivity contribution is 0.337. The third kappa shape index (κ3) is 2.57. The molecule has 3 unspecified atom stereocenters. The molecule has 1 aromatic rings. The van der Waals surface area contributed by atoms with Gasteiger partial charge in [0, 0.05) is 26.8 Å². The van der Waals surface area contributed by atoms with Crippen LogP contribution in [-0.2, 0) is 0 Å². The largest absolute Gasteiger partial charge is 0.358 e. The molecule has 1 heterocycles. The van der Waals surface area contributed by atoms with E-state index in [1.165, 1.54) is 25.7 Å². The lowest BCUT2D eigenvalue weighted by Gasteiger charge is -2.28. The highest BCUT2D eigenvalue weighted by Gasteiger charge is 2.39. The molecule has 0 spiro atoms. The van der Waals surface area contributed by atoms with Gasteiger partial charge in [-0.3, -0.25) is 0 Å². The van der Waals surface area contributed by atoms with Gasteiger partial charge >= 0.3 is 0 Å². The molecule has 0 radical (unpaired) electrons. The third-order valence-corrected chi connectivity index (χ3v) is 5.26. The molecule has 1 N–H and O–H groups in total. The van der Waals surface area contributed by atoms with E-state index in [1.54, 1.807) is 0 Å². The highest BCUT2D eigenvalue weighted by atomic mass is 79.9. The summed E-state index contributed by atoms with van der Waals surface area (Å²) in [5, 5.41) is 3.00. The summed E-state index contributed by atoms with van der Waals surface area (Å²) in [4.78, 5) is 11.0. The summed E-state index contributed by atoms with van der Waals surface area (Å²) in [6.07, 6.45) is 7.61. The number of anilines is 2.